The van der Waals surface area contributed by atoms with Crippen LogP contribution in [0.2, 0.25) is 0 Å². The molecular weight excluding hydrogens is 84.1 g/mol. The highest BCUT2D eigenvalue weighted by atomic mass is 32.1. The summed E-state index contributed by atoms with van der Waals surface area (Å²) in [5, 5.41) is 9.30. The Bertz CT molecular complexity index is 33.9. The summed E-state index contributed by atoms with van der Waals surface area (Å²) in [4.78, 5) is 0. The molecule has 0 bridgehead atoms. The van der Waals surface area contributed by atoms with Crippen LogP contribution in [0.3, 0.4) is 0 Å². The molecule has 0 atom stereocenters. The fourth-order valence-corrected chi connectivity index (χ4v) is 0.129. The van der Waals surface area contributed by atoms with E-state index in [0.29, 0.717) is 5.75 Å². The van der Waals surface area contributed by atoms with Crippen LogP contribution in [0, 0.1) is 0 Å². The Labute approximate surface area is 36.7 Å². The average Bonchev–Trinajstić information content (AvgIpc) is 1.41. The number of hydrogen-bond donors (Lipinski definition) is 1. The van der Waals surface area contributed by atoms with Gasteiger partial charge in [-0.3, -0.25) is 0 Å². The van der Waals surface area contributed by atoms with Gasteiger partial charge >= 0.3 is 0 Å². The van der Waals surface area contributed by atoms with Crippen LogP contribution >= 0.6 is 12.6 Å². The van der Waals surface area contributed by atoms with E-state index in [1.165, 1.54) is 6.08 Å². The quantitative estimate of drug-likeness (QED) is 0.348. The molecule has 5 heavy (non-hydrogen) atoms. The van der Waals surface area contributed by atoms with E-state index in [2.05, 4.69) is 12.6 Å². The molecule has 0 fully saturated rings. The van der Waals surface area contributed by atoms with Crippen LogP contribution < -0.4 is 5.11 Å². The lowest BCUT2D eigenvalue weighted by Crippen LogP contribution is -1.83. The second kappa shape index (κ2) is 3.89. The van der Waals surface area contributed by atoms with E-state index in [-0.39, 0.29) is 0 Å². The summed E-state index contributed by atoms with van der Waals surface area (Å²) in [7, 11) is 0. The molecule has 0 aliphatic carbocycles. The molecule has 0 amide bonds. The Kier molecular flexibility index (Phi) is 3.80. The third-order valence-electron chi connectivity index (χ3n) is 0.202. The fraction of sp³-hybridized carbons (Fsp3) is 0.333. The first-order valence-corrected chi connectivity index (χ1v) is 1.93. The van der Waals surface area contributed by atoms with Crippen LogP contribution in [0.4, 0.5) is 0 Å². The van der Waals surface area contributed by atoms with Crippen molar-refractivity contribution < 1.29 is 5.11 Å². The molecule has 0 spiro atoms. The third-order valence-corrected chi connectivity index (χ3v) is 0.412. The van der Waals surface area contributed by atoms with Crippen molar-refractivity contribution in [2.24, 2.45) is 0 Å². The summed E-state index contributed by atoms with van der Waals surface area (Å²) < 4.78 is 0. The van der Waals surface area contributed by atoms with Crippen LogP contribution in [0.15, 0.2) is 12.3 Å². The summed E-state index contributed by atoms with van der Waals surface area (Å²) in [6.07, 6.45) is 2.16. The van der Waals surface area contributed by atoms with E-state index < -0.39 is 0 Å². The highest BCUT2D eigenvalue weighted by Gasteiger charge is 1.48. The van der Waals surface area contributed by atoms with Crippen molar-refractivity contribution in [1.82, 2.24) is 0 Å². The zero-order chi connectivity index (χ0) is 4.12. The van der Waals surface area contributed by atoms with Crippen molar-refractivity contribution in [3.05, 3.63) is 12.3 Å². The molecule has 0 aliphatic rings. The van der Waals surface area contributed by atoms with Crippen molar-refractivity contribution in [1.29, 1.82) is 0 Å². The zero-order valence-electron chi connectivity index (χ0n) is 2.72. The van der Waals surface area contributed by atoms with E-state index in [4.69, 9.17) is 0 Å². The molecule has 0 radical (unpaired) electrons. The van der Waals surface area contributed by atoms with Crippen LogP contribution in [0.25, 0.3) is 0 Å². The highest BCUT2D eigenvalue weighted by molar-refractivity contribution is 7.80. The summed E-state index contributed by atoms with van der Waals surface area (Å²) in [6, 6.07) is 0. The molecule has 0 saturated heterocycles. The summed E-state index contributed by atoms with van der Waals surface area (Å²) in [5.74, 6) is 0.545. The van der Waals surface area contributed by atoms with Gasteiger partial charge in [-0.2, -0.15) is 18.9 Å². The number of rotatable bonds is 1. The minimum Gasteiger partial charge on any atom is -0.878 e. The zero-order valence-corrected chi connectivity index (χ0v) is 3.61. The molecule has 0 aromatic rings. The molecule has 0 unspecified atom stereocenters. The molecule has 0 aliphatic heterocycles. The van der Waals surface area contributed by atoms with Gasteiger partial charge in [-0.25, -0.2) is 0 Å². The first-order chi connectivity index (χ1) is 2.41. The Morgan fingerprint density at radius 3 is 2.40 bits per heavy atom. The Morgan fingerprint density at radius 2 is 2.40 bits per heavy atom. The van der Waals surface area contributed by atoms with E-state index in [0.717, 1.165) is 6.26 Å². The Morgan fingerprint density at radius 1 is 1.80 bits per heavy atom. The lowest BCUT2D eigenvalue weighted by atomic mass is 10.7. The first kappa shape index (κ1) is 4.89. The standard InChI is InChI=1S/C3H6OS/c4-2-1-3-5/h1-2,4-5H,3H2/p-1/b2-1+. The maximum atomic E-state index is 9.30. The molecular formula is C3H5OS-. The van der Waals surface area contributed by atoms with Gasteiger partial charge in [0.1, 0.15) is 0 Å². The predicted molar refractivity (Wildman–Crippen MR) is 23.0 cm³/mol. The molecule has 0 rings (SSSR count). The van der Waals surface area contributed by atoms with Gasteiger partial charge in [0, 0.05) is 5.75 Å². The van der Waals surface area contributed by atoms with Crippen molar-refractivity contribution in [3.8, 4) is 0 Å². The van der Waals surface area contributed by atoms with Gasteiger partial charge in [0.05, 0.1) is 0 Å². The molecule has 0 N–H and O–H groups in total. The van der Waals surface area contributed by atoms with Crippen molar-refractivity contribution >= 4 is 12.6 Å². The molecule has 30 valence electrons. The smallest absolute Gasteiger partial charge is 0.00740 e. The van der Waals surface area contributed by atoms with Crippen LogP contribution in [-0.2, 0) is 0 Å². The molecule has 0 heterocycles. The van der Waals surface area contributed by atoms with Crippen LogP contribution in [0.5, 0.6) is 0 Å². The van der Waals surface area contributed by atoms with Gasteiger partial charge in [-0.05, 0) is 0 Å². The Balaban J connectivity index is 2.62. The van der Waals surface area contributed by atoms with Crippen LogP contribution in [-0.4, -0.2) is 5.75 Å². The van der Waals surface area contributed by atoms with E-state index in [9.17, 15) is 5.11 Å². The lowest BCUT2D eigenvalue weighted by Gasteiger charge is -1.80. The van der Waals surface area contributed by atoms with Gasteiger partial charge in [0.2, 0.25) is 0 Å². The van der Waals surface area contributed by atoms with Crippen molar-refractivity contribution in [3.63, 3.8) is 0 Å². The van der Waals surface area contributed by atoms with Gasteiger partial charge in [0.25, 0.3) is 0 Å². The number of thiol groups is 1. The maximum Gasteiger partial charge on any atom is 0.00740 e. The van der Waals surface area contributed by atoms with Gasteiger partial charge in [-0.15, -0.1) is 0 Å². The maximum absolute atomic E-state index is 9.30. The molecule has 2 heteroatoms. The minimum absolute atomic E-state index is 0.545. The number of hydrogen-bond acceptors (Lipinski definition) is 2. The summed E-state index contributed by atoms with van der Waals surface area (Å²) >= 11 is 3.71. The summed E-state index contributed by atoms with van der Waals surface area (Å²) in [5.41, 5.74) is 0. The third kappa shape index (κ3) is 3.89. The van der Waals surface area contributed by atoms with Gasteiger partial charge in [-0.1, -0.05) is 6.08 Å². The largest absolute Gasteiger partial charge is 0.878 e. The van der Waals surface area contributed by atoms with E-state index in [1.54, 1.807) is 0 Å². The van der Waals surface area contributed by atoms with Crippen molar-refractivity contribution in [2.45, 2.75) is 0 Å². The lowest BCUT2D eigenvalue weighted by molar-refractivity contribution is -0.274. The second-order valence-electron chi connectivity index (χ2n) is 0.554. The molecule has 0 saturated carbocycles. The average molecular weight is 89.1 g/mol. The SMILES string of the molecule is [O-]/C=C/CS. The Hall–Kier alpha value is -0.110. The predicted octanol–water partition coefficient (Wildman–Crippen LogP) is -0.210. The van der Waals surface area contributed by atoms with E-state index in [1.807, 2.05) is 0 Å². The first-order valence-electron chi connectivity index (χ1n) is 1.29. The fourth-order valence-electron chi connectivity index (χ4n) is 0.0430. The van der Waals surface area contributed by atoms with E-state index >= 15 is 0 Å². The highest BCUT2D eigenvalue weighted by Crippen LogP contribution is 1.68. The topological polar surface area (TPSA) is 23.1 Å². The van der Waals surface area contributed by atoms with Crippen molar-refractivity contribution in [2.75, 3.05) is 5.75 Å². The minimum atomic E-state index is 0.545. The molecule has 0 aromatic carbocycles. The summed E-state index contributed by atoms with van der Waals surface area (Å²) in [6.45, 7) is 0. The molecule has 0 aromatic heterocycles. The monoisotopic (exact) mass is 89.0 g/mol. The normalized spacial score (nSPS) is 9.80. The van der Waals surface area contributed by atoms with Crippen LogP contribution in [0.1, 0.15) is 0 Å². The second-order valence-corrected chi connectivity index (χ2v) is 0.920. The molecule has 1 nitrogen and oxygen atoms in total. The van der Waals surface area contributed by atoms with Gasteiger partial charge < -0.3 is 5.11 Å². The van der Waals surface area contributed by atoms with Gasteiger partial charge in [0.15, 0.2) is 0 Å².